The van der Waals surface area contributed by atoms with Gasteiger partial charge in [-0.15, -0.1) is 0 Å². The van der Waals surface area contributed by atoms with E-state index in [1.807, 2.05) is 0 Å². The van der Waals surface area contributed by atoms with Gasteiger partial charge in [-0.2, -0.15) is 0 Å². The monoisotopic (exact) mass is 198 g/mol. The van der Waals surface area contributed by atoms with Crippen LogP contribution in [0.4, 0.5) is 0 Å². The Hall–Kier alpha value is -0.0800. The highest BCUT2D eigenvalue weighted by Gasteiger charge is 2.21. The molecule has 0 spiro atoms. The summed E-state index contributed by atoms with van der Waals surface area (Å²) in [5, 5.41) is 3.60. The van der Waals surface area contributed by atoms with Gasteiger partial charge in [-0.25, -0.2) is 0 Å². The van der Waals surface area contributed by atoms with E-state index in [0.717, 1.165) is 12.6 Å². The molecular weight excluding hydrogens is 172 g/mol. The van der Waals surface area contributed by atoms with Gasteiger partial charge < -0.3 is 11.1 Å². The fourth-order valence-corrected chi connectivity index (χ4v) is 1.91. The summed E-state index contributed by atoms with van der Waals surface area (Å²) in [5.74, 6) is 0. The molecule has 0 amide bonds. The fourth-order valence-electron chi connectivity index (χ4n) is 1.91. The standard InChI is InChI=1S/C12H26N2/c1-12(2,3)11(13)9-14-10-7-5-4-6-8-10/h10-11,14H,4-9,13H2,1-3H3. The molecule has 1 atom stereocenters. The van der Waals surface area contributed by atoms with Crippen molar-refractivity contribution in [1.82, 2.24) is 5.32 Å². The molecule has 0 saturated heterocycles. The van der Waals surface area contributed by atoms with Crippen LogP contribution in [0.3, 0.4) is 0 Å². The summed E-state index contributed by atoms with van der Waals surface area (Å²) in [5.41, 5.74) is 6.33. The van der Waals surface area contributed by atoms with E-state index in [2.05, 4.69) is 26.1 Å². The Morgan fingerprint density at radius 3 is 2.29 bits per heavy atom. The minimum atomic E-state index is 0.224. The number of hydrogen-bond acceptors (Lipinski definition) is 2. The second-order valence-corrected chi connectivity index (χ2v) is 5.72. The van der Waals surface area contributed by atoms with E-state index >= 15 is 0 Å². The summed E-state index contributed by atoms with van der Waals surface area (Å²) in [6, 6.07) is 1.00. The normalized spacial score (nSPS) is 22.3. The minimum absolute atomic E-state index is 0.224. The molecule has 1 saturated carbocycles. The van der Waals surface area contributed by atoms with E-state index in [1.54, 1.807) is 0 Å². The lowest BCUT2D eigenvalue weighted by molar-refractivity contribution is 0.283. The molecule has 1 aliphatic carbocycles. The summed E-state index contributed by atoms with van der Waals surface area (Å²) >= 11 is 0. The predicted octanol–water partition coefficient (Wildman–Crippen LogP) is 2.28. The predicted molar refractivity (Wildman–Crippen MR) is 62.3 cm³/mol. The van der Waals surface area contributed by atoms with Gasteiger partial charge in [-0.05, 0) is 18.3 Å². The molecule has 84 valence electrons. The van der Waals surface area contributed by atoms with Crippen molar-refractivity contribution in [2.45, 2.75) is 65.0 Å². The van der Waals surface area contributed by atoms with Crippen LogP contribution in [0.5, 0.6) is 0 Å². The van der Waals surface area contributed by atoms with Crippen molar-refractivity contribution in [3.8, 4) is 0 Å². The van der Waals surface area contributed by atoms with Crippen molar-refractivity contribution in [2.24, 2.45) is 11.1 Å². The highest BCUT2D eigenvalue weighted by Crippen LogP contribution is 2.19. The Balaban J connectivity index is 2.19. The van der Waals surface area contributed by atoms with Gasteiger partial charge in [0.2, 0.25) is 0 Å². The van der Waals surface area contributed by atoms with Crippen LogP contribution in [-0.4, -0.2) is 18.6 Å². The number of rotatable bonds is 3. The van der Waals surface area contributed by atoms with Gasteiger partial charge >= 0.3 is 0 Å². The molecule has 1 unspecified atom stereocenters. The molecule has 0 aromatic rings. The third-order valence-corrected chi connectivity index (χ3v) is 3.34. The molecule has 0 aromatic heterocycles. The molecule has 0 aromatic carbocycles. The molecule has 2 nitrogen and oxygen atoms in total. The van der Waals surface area contributed by atoms with E-state index in [1.165, 1.54) is 32.1 Å². The van der Waals surface area contributed by atoms with Gasteiger partial charge in [-0.1, -0.05) is 40.0 Å². The van der Waals surface area contributed by atoms with Gasteiger partial charge in [0.05, 0.1) is 0 Å². The zero-order valence-electron chi connectivity index (χ0n) is 9.97. The summed E-state index contributed by atoms with van der Waals surface area (Å²) in [6.45, 7) is 7.59. The van der Waals surface area contributed by atoms with E-state index in [-0.39, 0.29) is 11.5 Å². The zero-order valence-corrected chi connectivity index (χ0v) is 9.97. The number of nitrogens with one attached hydrogen (secondary N) is 1. The topological polar surface area (TPSA) is 38.0 Å². The molecule has 2 heteroatoms. The quantitative estimate of drug-likeness (QED) is 0.730. The number of hydrogen-bond donors (Lipinski definition) is 2. The lowest BCUT2D eigenvalue weighted by Gasteiger charge is -2.30. The lowest BCUT2D eigenvalue weighted by atomic mass is 9.87. The van der Waals surface area contributed by atoms with Crippen molar-refractivity contribution in [1.29, 1.82) is 0 Å². The average Bonchev–Trinajstić information content (AvgIpc) is 2.14. The Bertz CT molecular complexity index is 154. The summed E-state index contributed by atoms with van der Waals surface area (Å²) in [7, 11) is 0. The summed E-state index contributed by atoms with van der Waals surface area (Å²) in [4.78, 5) is 0. The average molecular weight is 198 g/mol. The van der Waals surface area contributed by atoms with Crippen molar-refractivity contribution in [3.05, 3.63) is 0 Å². The van der Waals surface area contributed by atoms with Crippen molar-refractivity contribution in [3.63, 3.8) is 0 Å². The molecule has 0 heterocycles. The Labute approximate surface area is 88.6 Å². The maximum absolute atomic E-state index is 6.11. The molecule has 0 radical (unpaired) electrons. The highest BCUT2D eigenvalue weighted by atomic mass is 14.9. The summed E-state index contributed by atoms with van der Waals surface area (Å²) in [6.07, 6.45) is 6.89. The molecule has 1 aliphatic rings. The van der Waals surface area contributed by atoms with Crippen molar-refractivity contribution >= 4 is 0 Å². The molecule has 3 N–H and O–H groups in total. The van der Waals surface area contributed by atoms with Crippen LogP contribution in [0, 0.1) is 5.41 Å². The SMILES string of the molecule is CC(C)(C)C(N)CNC1CCCCC1. The maximum atomic E-state index is 6.11. The van der Waals surface area contributed by atoms with Crippen LogP contribution in [-0.2, 0) is 0 Å². The third kappa shape index (κ3) is 3.97. The van der Waals surface area contributed by atoms with Gasteiger partial charge in [0, 0.05) is 18.6 Å². The van der Waals surface area contributed by atoms with Gasteiger partial charge in [0.15, 0.2) is 0 Å². The van der Waals surface area contributed by atoms with Crippen LogP contribution in [0.2, 0.25) is 0 Å². The van der Waals surface area contributed by atoms with Crippen molar-refractivity contribution in [2.75, 3.05) is 6.54 Å². The molecule has 14 heavy (non-hydrogen) atoms. The van der Waals surface area contributed by atoms with Gasteiger partial charge in [-0.3, -0.25) is 0 Å². The van der Waals surface area contributed by atoms with Crippen molar-refractivity contribution < 1.29 is 0 Å². The van der Waals surface area contributed by atoms with Crippen LogP contribution < -0.4 is 11.1 Å². The molecular formula is C12H26N2. The third-order valence-electron chi connectivity index (χ3n) is 3.34. The van der Waals surface area contributed by atoms with E-state index in [0.29, 0.717) is 0 Å². The van der Waals surface area contributed by atoms with E-state index in [9.17, 15) is 0 Å². The maximum Gasteiger partial charge on any atom is 0.0214 e. The summed E-state index contributed by atoms with van der Waals surface area (Å²) < 4.78 is 0. The van der Waals surface area contributed by atoms with Crippen LogP contribution in [0.1, 0.15) is 52.9 Å². The van der Waals surface area contributed by atoms with Gasteiger partial charge in [0.1, 0.15) is 0 Å². The second kappa shape index (κ2) is 5.13. The first kappa shape index (κ1) is 12.0. The lowest BCUT2D eigenvalue weighted by Crippen LogP contribution is -2.46. The minimum Gasteiger partial charge on any atom is -0.326 e. The van der Waals surface area contributed by atoms with Crippen LogP contribution >= 0.6 is 0 Å². The Morgan fingerprint density at radius 1 is 1.21 bits per heavy atom. The smallest absolute Gasteiger partial charge is 0.0214 e. The molecule has 0 aliphatic heterocycles. The zero-order chi connectivity index (χ0) is 10.6. The largest absolute Gasteiger partial charge is 0.326 e. The van der Waals surface area contributed by atoms with E-state index in [4.69, 9.17) is 5.73 Å². The van der Waals surface area contributed by atoms with Crippen LogP contribution in [0.25, 0.3) is 0 Å². The Kier molecular flexibility index (Phi) is 4.39. The first-order valence-electron chi connectivity index (χ1n) is 5.99. The number of nitrogens with two attached hydrogens (primary N) is 1. The first-order valence-corrected chi connectivity index (χ1v) is 5.99. The molecule has 1 rings (SSSR count). The Morgan fingerprint density at radius 2 is 1.79 bits per heavy atom. The van der Waals surface area contributed by atoms with Crippen LogP contribution in [0.15, 0.2) is 0 Å². The van der Waals surface area contributed by atoms with E-state index < -0.39 is 0 Å². The first-order chi connectivity index (χ1) is 6.50. The molecule has 1 fully saturated rings. The fraction of sp³-hybridized carbons (Fsp3) is 1.00. The highest BCUT2D eigenvalue weighted by molar-refractivity contribution is 4.81. The molecule has 0 bridgehead atoms. The second-order valence-electron chi connectivity index (χ2n) is 5.72. The van der Waals surface area contributed by atoms with Gasteiger partial charge in [0.25, 0.3) is 0 Å².